The van der Waals surface area contributed by atoms with Crippen molar-refractivity contribution in [3.05, 3.63) is 46.7 Å². The monoisotopic (exact) mass is 511 g/mol. The number of amides is 1. The Morgan fingerprint density at radius 1 is 1.17 bits per heavy atom. The molecule has 192 valence electrons. The van der Waals surface area contributed by atoms with Crippen molar-refractivity contribution in [3.8, 4) is 11.8 Å². The first-order valence-electron chi connectivity index (χ1n) is 12.3. The Hall–Kier alpha value is -2.89. The van der Waals surface area contributed by atoms with Crippen LogP contribution in [-0.2, 0) is 0 Å². The molecule has 0 spiro atoms. The first kappa shape index (κ1) is 26.2. The van der Waals surface area contributed by atoms with E-state index in [2.05, 4.69) is 53.9 Å². The highest BCUT2D eigenvalue weighted by Gasteiger charge is 2.64. The van der Waals surface area contributed by atoms with Crippen LogP contribution in [0.15, 0.2) is 30.6 Å². The summed E-state index contributed by atoms with van der Waals surface area (Å²) in [5, 5.41) is 22.8. The third-order valence-electron chi connectivity index (χ3n) is 7.80. The number of hydrogen-bond acceptors (Lipinski definition) is 7. The predicted octanol–water partition coefficient (Wildman–Crippen LogP) is 4.07. The Morgan fingerprint density at radius 3 is 2.28 bits per heavy atom. The maximum absolute atomic E-state index is 13.1. The van der Waals surface area contributed by atoms with E-state index in [1.165, 1.54) is 0 Å². The highest BCUT2D eigenvalue weighted by atomic mass is 35.5. The highest BCUT2D eigenvalue weighted by Crippen LogP contribution is 2.55. The summed E-state index contributed by atoms with van der Waals surface area (Å²) in [5.41, 5.74) is 0.0748. The number of nitrogens with zero attached hydrogens (tertiary/aromatic N) is 4. The second kappa shape index (κ2) is 9.53. The Bertz CT molecular complexity index is 1150. The van der Waals surface area contributed by atoms with Crippen LogP contribution < -0.4 is 15.0 Å². The first-order valence-corrected chi connectivity index (χ1v) is 12.7. The van der Waals surface area contributed by atoms with Crippen LogP contribution >= 0.6 is 11.6 Å². The van der Waals surface area contributed by atoms with Crippen LogP contribution in [0.2, 0.25) is 5.02 Å². The summed E-state index contributed by atoms with van der Waals surface area (Å²) in [6, 6.07) is 6.94. The number of nitriles is 1. The van der Waals surface area contributed by atoms with E-state index in [0.717, 1.165) is 0 Å². The molecule has 2 aromatic rings. The van der Waals surface area contributed by atoms with Crippen LogP contribution in [0.25, 0.3) is 0 Å². The topological polar surface area (TPSA) is 111 Å². The van der Waals surface area contributed by atoms with Gasteiger partial charge >= 0.3 is 0 Å². The minimum atomic E-state index is -0.360. The zero-order chi connectivity index (χ0) is 26.4. The number of aliphatic hydroxyl groups excluding tert-OH is 1. The molecular formula is C27H34ClN5O3. The van der Waals surface area contributed by atoms with E-state index >= 15 is 0 Å². The van der Waals surface area contributed by atoms with Crippen molar-refractivity contribution in [1.29, 1.82) is 5.26 Å². The number of ether oxygens (including phenoxy) is 1. The lowest BCUT2D eigenvalue weighted by molar-refractivity contribution is -0.164. The summed E-state index contributed by atoms with van der Waals surface area (Å²) in [7, 11) is 0. The normalized spacial score (nSPS) is 28.5. The van der Waals surface area contributed by atoms with Crippen LogP contribution in [0.1, 0.15) is 57.5 Å². The molecule has 1 amide bonds. The van der Waals surface area contributed by atoms with E-state index in [-0.39, 0.29) is 46.8 Å². The molecule has 1 aromatic carbocycles. The fourth-order valence-corrected chi connectivity index (χ4v) is 6.33. The smallest absolute Gasteiger partial charge is 0.254 e. The fourth-order valence-electron chi connectivity index (χ4n) is 6.12. The van der Waals surface area contributed by atoms with Crippen LogP contribution in [0.5, 0.6) is 5.75 Å². The molecule has 36 heavy (non-hydrogen) atoms. The fraction of sp³-hybridized carbons (Fsp3) is 0.556. The highest BCUT2D eigenvalue weighted by molar-refractivity contribution is 6.31. The largest absolute Gasteiger partial charge is 0.489 e. The third-order valence-corrected chi connectivity index (χ3v) is 8.11. The number of nitrogens with one attached hydrogen (secondary N) is 1. The van der Waals surface area contributed by atoms with Gasteiger partial charge in [0.15, 0.2) is 0 Å². The average Bonchev–Trinajstić information content (AvgIpc) is 2.83. The summed E-state index contributed by atoms with van der Waals surface area (Å²) < 4.78 is 6.29. The Morgan fingerprint density at radius 2 is 1.75 bits per heavy atom. The summed E-state index contributed by atoms with van der Waals surface area (Å²) >= 11 is 6.18. The number of carbonyl (C=O) groups is 1. The first-order chi connectivity index (χ1) is 16.9. The Balaban J connectivity index is 1.42. The number of anilines is 1. The molecule has 0 bridgehead atoms. The number of carbonyl (C=O) groups excluding carboxylic acids is 1. The maximum Gasteiger partial charge on any atom is 0.254 e. The molecule has 2 aliphatic rings. The molecule has 1 saturated carbocycles. The number of benzene rings is 1. The van der Waals surface area contributed by atoms with Gasteiger partial charge in [0.2, 0.25) is 5.95 Å². The van der Waals surface area contributed by atoms with Crippen molar-refractivity contribution >= 4 is 23.5 Å². The van der Waals surface area contributed by atoms with Crippen molar-refractivity contribution < 1.29 is 14.6 Å². The van der Waals surface area contributed by atoms with E-state index in [4.69, 9.17) is 21.6 Å². The van der Waals surface area contributed by atoms with Gasteiger partial charge in [0.1, 0.15) is 17.9 Å². The maximum atomic E-state index is 13.1. The molecule has 1 aliphatic carbocycles. The SMILES string of the molecule is C[C@@H]1CN(c2ncc(C(=O)NC3C(C)(C)C(Oc4ccc(C#N)c(Cl)c4)C3(C)C)cn2)C[C@H](C)C1O. The average molecular weight is 512 g/mol. The summed E-state index contributed by atoms with van der Waals surface area (Å²) in [6.45, 7) is 13.6. The van der Waals surface area contributed by atoms with Crippen LogP contribution in [0, 0.1) is 34.0 Å². The van der Waals surface area contributed by atoms with Gasteiger partial charge in [-0.05, 0) is 24.0 Å². The van der Waals surface area contributed by atoms with Gasteiger partial charge < -0.3 is 20.1 Å². The summed E-state index contributed by atoms with van der Waals surface area (Å²) in [4.78, 5) is 24.1. The molecule has 0 radical (unpaired) electrons. The number of piperidine rings is 1. The van der Waals surface area contributed by atoms with Gasteiger partial charge in [0.25, 0.3) is 5.91 Å². The lowest BCUT2D eigenvalue weighted by Crippen LogP contribution is -2.74. The molecule has 1 saturated heterocycles. The Labute approximate surface area is 217 Å². The van der Waals surface area contributed by atoms with E-state index in [1.807, 2.05) is 13.8 Å². The zero-order valence-corrected chi connectivity index (χ0v) is 22.4. The summed E-state index contributed by atoms with van der Waals surface area (Å²) in [5.74, 6) is 1.17. The van der Waals surface area contributed by atoms with Crippen molar-refractivity contribution in [3.63, 3.8) is 0 Å². The summed E-state index contributed by atoms with van der Waals surface area (Å²) in [6.07, 6.45) is 2.60. The standard InChI is InChI=1S/C27H34ClN5O3/c1-15-13-33(14-16(2)21(15)34)25-30-11-18(12-31-25)22(35)32-23-26(3,4)24(27(23,5)6)36-19-8-7-17(10-29)20(28)9-19/h7-9,11-12,15-16,21,23-24,34H,13-14H2,1-6H3,(H,32,35)/t15-,16+,21?,23?,24?. The second-order valence-electron chi connectivity index (χ2n) is 11.4. The van der Waals surface area contributed by atoms with Gasteiger partial charge in [-0.2, -0.15) is 5.26 Å². The second-order valence-corrected chi connectivity index (χ2v) is 11.8. The number of rotatable bonds is 5. The Kier molecular flexibility index (Phi) is 6.93. The molecule has 4 rings (SSSR count). The molecule has 1 aromatic heterocycles. The van der Waals surface area contributed by atoms with Crippen LogP contribution in [0.4, 0.5) is 5.95 Å². The van der Waals surface area contributed by atoms with Gasteiger partial charge in [0.05, 0.1) is 22.3 Å². The van der Waals surface area contributed by atoms with Gasteiger partial charge in [-0.3, -0.25) is 4.79 Å². The quantitative estimate of drug-likeness (QED) is 0.622. The minimum Gasteiger partial charge on any atom is -0.489 e. The lowest BCUT2D eigenvalue weighted by atomic mass is 9.49. The molecule has 9 heteroatoms. The van der Waals surface area contributed by atoms with Crippen molar-refractivity contribution in [1.82, 2.24) is 15.3 Å². The van der Waals surface area contributed by atoms with E-state index in [9.17, 15) is 9.90 Å². The number of aliphatic hydroxyl groups is 1. The molecule has 2 N–H and O–H groups in total. The molecule has 1 unspecified atom stereocenters. The van der Waals surface area contributed by atoms with Gasteiger partial charge in [-0.1, -0.05) is 53.1 Å². The van der Waals surface area contributed by atoms with Crippen LogP contribution in [-0.4, -0.2) is 52.3 Å². The molecule has 1 aliphatic heterocycles. The van der Waals surface area contributed by atoms with E-state index in [1.54, 1.807) is 30.6 Å². The number of aromatic nitrogens is 2. The molecular weight excluding hydrogens is 478 g/mol. The van der Waals surface area contributed by atoms with Gasteiger partial charge in [-0.15, -0.1) is 0 Å². The molecule has 3 atom stereocenters. The molecule has 2 heterocycles. The van der Waals surface area contributed by atoms with Crippen molar-refractivity contribution in [2.45, 2.75) is 59.8 Å². The minimum absolute atomic E-state index is 0.124. The van der Waals surface area contributed by atoms with E-state index < -0.39 is 0 Å². The number of halogens is 1. The van der Waals surface area contributed by atoms with Gasteiger partial charge in [-0.25, -0.2) is 9.97 Å². The van der Waals surface area contributed by atoms with Crippen molar-refractivity contribution in [2.24, 2.45) is 22.7 Å². The van der Waals surface area contributed by atoms with Crippen LogP contribution in [0.3, 0.4) is 0 Å². The number of hydrogen-bond donors (Lipinski definition) is 2. The third kappa shape index (κ3) is 4.62. The zero-order valence-electron chi connectivity index (χ0n) is 21.6. The molecule has 2 fully saturated rings. The van der Waals surface area contributed by atoms with Crippen molar-refractivity contribution in [2.75, 3.05) is 18.0 Å². The lowest BCUT2D eigenvalue weighted by Gasteiger charge is -2.63. The van der Waals surface area contributed by atoms with E-state index in [0.29, 0.717) is 40.9 Å². The molecule has 8 nitrogen and oxygen atoms in total. The predicted molar refractivity (Wildman–Crippen MR) is 138 cm³/mol. The van der Waals surface area contributed by atoms with Gasteiger partial charge in [0, 0.05) is 48.4 Å².